The molecule has 1 fully saturated rings. The Kier molecular flexibility index (Phi) is 7.75. The van der Waals surface area contributed by atoms with Gasteiger partial charge in [0.25, 0.3) is 0 Å². The third kappa shape index (κ3) is 6.64. The van der Waals surface area contributed by atoms with Crippen LogP contribution in [0.3, 0.4) is 0 Å². The largest absolute Gasteiger partial charge is 0.357 e. The number of primary sulfonamides is 1. The molecule has 0 spiro atoms. The first kappa shape index (κ1) is 20.2. The molecule has 8 heteroatoms. The number of nitrogens with zero attached hydrogens (tertiary/aromatic N) is 1. The maximum atomic E-state index is 11.0. The highest BCUT2D eigenvalue weighted by atomic mass is 127. The second-order valence-electron chi connectivity index (χ2n) is 5.64. The molecule has 0 radical (unpaired) electrons. The van der Waals surface area contributed by atoms with Crippen molar-refractivity contribution in [2.45, 2.75) is 25.2 Å². The third-order valence-electron chi connectivity index (χ3n) is 3.80. The van der Waals surface area contributed by atoms with E-state index in [4.69, 9.17) is 5.14 Å². The lowest BCUT2D eigenvalue weighted by atomic mass is 9.96. The van der Waals surface area contributed by atoms with E-state index in [0.717, 1.165) is 19.4 Å². The molecule has 2 rings (SSSR count). The van der Waals surface area contributed by atoms with Gasteiger partial charge in [0.15, 0.2) is 5.96 Å². The Labute approximate surface area is 155 Å². The molecule has 1 aliphatic rings. The Morgan fingerprint density at radius 1 is 1.26 bits per heavy atom. The summed E-state index contributed by atoms with van der Waals surface area (Å²) in [4.78, 5) is 4.60. The fraction of sp³-hybridized carbons (Fsp3) is 0.533. The number of sulfonamides is 1. The van der Waals surface area contributed by atoms with E-state index in [0.29, 0.717) is 12.5 Å². The Balaban J connectivity index is 0.00000264. The van der Waals surface area contributed by atoms with Crippen molar-refractivity contribution in [2.24, 2.45) is 10.1 Å². The van der Waals surface area contributed by atoms with Crippen LogP contribution < -0.4 is 15.8 Å². The highest BCUT2D eigenvalue weighted by molar-refractivity contribution is 14.0. The molecule has 1 aliphatic carbocycles. The quantitative estimate of drug-likeness (QED) is 0.329. The van der Waals surface area contributed by atoms with Crippen LogP contribution in [-0.4, -0.2) is 39.8 Å². The topological polar surface area (TPSA) is 96.6 Å². The highest BCUT2D eigenvalue weighted by Crippen LogP contribution is 2.48. The van der Waals surface area contributed by atoms with E-state index in [2.05, 4.69) is 39.9 Å². The number of hydrogen-bond donors (Lipinski definition) is 3. The molecule has 0 atom stereocenters. The fourth-order valence-corrected chi connectivity index (χ4v) is 2.75. The minimum atomic E-state index is -3.45. The summed E-state index contributed by atoms with van der Waals surface area (Å²) in [6.07, 6.45) is 2.27. The fourth-order valence-electron chi connectivity index (χ4n) is 2.36. The maximum Gasteiger partial charge on any atom is 0.210 e. The summed E-state index contributed by atoms with van der Waals surface area (Å²) in [5.41, 5.74) is 1.46. The molecule has 23 heavy (non-hydrogen) atoms. The third-order valence-corrected chi connectivity index (χ3v) is 4.58. The van der Waals surface area contributed by atoms with Gasteiger partial charge in [-0.3, -0.25) is 4.99 Å². The van der Waals surface area contributed by atoms with Crippen LogP contribution in [0.2, 0.25) is 0 Å². The van der Waals surface area contributed by atoms with E-state index < -0.39 is 10.0 Å². The van der Waals surface area contributed by atoms with Crippen LogP contribution >= 0.6 is 24.0 Å². The monoisotopic (exact) mass is 452 g/mol. The smallest absolute Gasteiger partial charge is 0.210 e. The number of hydrogen-bond acceptors (Lipinski definition) is 3. The van der Waals surface area contributed by atoms with Crippen LogP contribution in [-0.2, 0) is 15.4 Å². The zero-order valence-corrected chi connectivity index (χ0v) is 16.4. The predicted molar refractivity (Wildman–Crippen MR) is 105 cm³/mol. The highest BCUT2D eigenvalue weighted by Gasteiger charge is 2.43. The molecule has 0 amide bonds. The van der Waals surface area contributed by atoms with E-state index >= 15 is 0 Å². The first-order valence-electron chi connectivity index (χ1n) is 7.53. The Hall–Kier alpha value is -0.870. The van der Waals surface area contributed by atoms with Crippen LogP contribution in [0.5, 0.6) is 0 Å². The predicted octanol–water partition coefficient (Wildman–Crippen LogP) is 1.18. The molecular weight excluding hydrogens is 427 g/mol. The molecular formula is C15H25IN4O2S. The van der Waals surface area contributed by atoms with E-state index in [1.54, 1.807) is 0 Å². The molecule has 1 aromatic carbocycles. The summed E-state index contributed by atoms with van der Waals surface area (Å²) in [5, 5.41) is 11.1. The van der Waals surface area contributed by atoms with Gasteiger partial charge in [0, 0.05) is 18.5 Å². The van der Waals surface area contributed by atoms with Gasteiger partial charge in [0.2, 0.25) is 10.0 Å². The lowest BCUT2D eigenvalue weighted by molar-refractivity contribution is 0.596. The van der Waals surface area contributed by atoms with Gasteiger partial charge < -0.3 is 10.6 Å². The van der Waals surface area contributed by atoms with E-state index in [-0.39, 0.29) is 41.7 Å². The molecule has 0 bridgehead atoms. The summed E-state index contributed by atoms with van der Waals surface area (Å²) in [6, 6.07) is 10.4. The molecule has 0 heterocycles. The van der Waals surface area contributed by atoms with Crippen LogP contribution in [0.25, 0.3) is 0 Å². The average Bonchev–Trinajstić information content (AvgIpc) is 3.26. The minimum Gasteiger partial charge on any atom is -0.357 e. The molecule has 1 aromatic rings. The van der Waals surface area contributed by atoms with Crippen molar-refractivity contribution in [3.63, 3.8) is 0 Å². The summed E-state index contributed by atoms with van der Waals surface area (Å²) in [6.45, 7) is 3.64. The number of benzene rings is 1. The van der Waals surface area contributed by atoms with Crippen molar-refractivity contribution in [3.05, 3.63) is 35.9 Å². The van der Waals surface area contributed by atoms with E-state index in [9.17, 15) is 8.42 Å². The number of aliphatic imine (C=N–C) groups is 1. The Morgan fingerprint density at radius 3 is 2.43 bits per heavy atom. The molecule has 4 N–H and O–H groups in total. The van der Waals surface area contributed by atoms with Gasteiger partial charge in [-0.25, -0.2) is 13.6 Å². The van der Waals surface area contributed by atoms with E-state index in [1.165, 1.54) is 5.56 Å². The lowest BCUT2D eigenvalue weighted by Gasteiger charge is -2.15. The zero-order chi connectivity index (χ0) is 16.1. The summed E-state index contributed by atoms with van der Waals surface area (Å²) in [7, 11) is -3.45. The van der Waals surface area contributed by atoms with Gasteiger partial charge in [-0.05, 0) is 25.3 Å². The molecule has 0 aliphatic heterocycles. The van der Waals surface area contributed by atoms with Crippen molar-refractivity contribution >= 4 is 40.0 Å². The molecule has 1 saturated carbocycles. The number of rotatable bonds is 7. The van der Waals surface area contributed by atoms with Crippen molar-refractivity contribution in [1.82, 2.24) is 10.6 Å². The van der Waals surface area contributed by atoms with Gasteiger partial charge in [-0.1, -0.05) is 30.3 Å². The van der Waals surface area contributed by atoms with Crippen molar-refractivity contribution < 1.29 is 8.42 Å². The van der Waals surface area contributed by atoms with Gasteiger partial charge in [0.1, 0.15) is 0 Å². The normalized spacial score (nSPS) is 16.3. The maximum absolute atomic E-state index is 11.0. The Bertz CT molecular complexity index is 616. The minimum absolute atomic E-state index is 0. The van der Waals surface area contributed by atoms with Crippen LogP contribution in [0.1, 0.15) is 25.3 Å². The molecule has 0 saturated heterocycles. The first-order valence-corrected chi connectivity index (χ1v) is 9.25. The first-order chi connectivity index (χ1) is 10.5. The number of guanidine groups is 1. The molecule has 0 aromatic heterocycles. The van der Waals surface area contributed by atoms with Gasteiger partial charge in [-0.15, -0.1) is 24.0 Å². The number of nitrogens with one attached hydrogen (secondary N) is 2. The van der Waals surface area contributed by atoms with Crippen molar-refractivity contribution in [1.29, 1.82) is 0 Å². The zero-order valence-electron chi connectivity index (χ0n) is 13.3. The van der Waals surface area contributed by atoms with Gasteiger partial charge in [-0.2, -0.15) is 0 Å². The van der Waals surface area contributed by atoms with E-state index in [1.807, 2.05) is 13.0 Å². The number of nitrogens with two attached hydrogens (primary N) is 1. The average molecular weight is 452 g/mol. The summed E-state index contributed by atoms with van der Waals surface area (Å²) >= 11 is 0. The Morgan fingerprint density at radius 2 is 1.91 bits per heavy atom. The molecule has 0 unspecified atom stereocenters. The summed E-state index contributed by atoms with van der Waals surface area (Å²) < 4.78 is 21.9. The second-order valence-corrected chi connectivity index (χ2v) is 7.37. The van der Waals surface area contributed by atoms with Crippen LogP contribution in [0, 0.1) is 0 Å². The van der Waals surface area contributed by atoms with Gasteiger partial charge >= 0.3 is 0 Å². The van der Waals surface area contributed by atoms with Gasteiger partial charge in [0.05, 0.1) is 12.3 Å². The van der Waals surface area contributed by atoms with Crippen molar-refractivity contribution in [3.8, 4) is 0 Å². The molecule has 6 nitrogen and oxygen atoms in total. The lowest BCUT2D eigenvalue weighted by Crippen LogP contribution is -2.40. The van der Waals surface area contributed by atoms with Crippen molar-refractivity contribution in [2.75, 3.05) is 25.4 Å². The standard InChI is InChI=1S/C15H24N4O2S.HI/c1-2-17-14(18-10-11-22(16,20)21)19-12-15(8-9-15)13-6-4-3-5-7-13;/h3-7H,2,8-12H2,1H3,(H2,16,20,21)(H2,17,18,19);1H. The SMILES string of the molecule is CCNC(=NCC1(c2ccccc2)CC1)NCCS(N)(=O)=O.I. The molecule has 130 valence electrons. The van der Waals surface area contributed by atoms with Crippen LogP contribution in [0.15, 0.2) is 35.3 Å². The number of halogens is 1. The second kappa shape index (κ2) is 8.84. The summed E-state index contributed by atoms with van der Waals surface area (Å²) in [5.74, 6) is 0.523. The van der Waals surface area contributed by atoms with Crippen LogP contribution in [0.4, 0.5) is 0 Å².